The summed E-state index contributed by atoms with van der Waals surface area (Å²) in [6.07, 6.45) is 7.63. The molecule has 7 aromatic rings. The summed E-state index contributed by atoms with van der Waals surface area (Å²) in [5, 5.41) is 0. The first-order chi connectivity index (χ1) is 25.4. The van der Waals surface area contributed by atoms with E-state index < -0.39 is 0 Å². The van der Waals surface area contributed by atoms with E-state index in [-0.39, 0.29) is 39.8 Å². The van der Waals surface area contributed by atoms with Gasteiger partial charge in [0.15, 0.2) is 0 Å². The second-order valence-electron chi connectivity index (χ2n) is 12.5. The van der Waals surface area contributed by atoms with Crippen molar-refractivity contribution in [2.45, 2.75) is 0 Å². The Morgan fingerprint density at radius 2 is 0.509 bits per heavy atom. The Hall–Kier alpha value is -6.31. The van der Waals surface area contributed by atoms with Crippen molar-refractivity contribution in [3.05, 3.63) is 167 Å². The molecule has 0 saturated heterocycles. The molecule has 0 aliphatic carbocycles. The molecule has 8 bridgehead atoms. The van der Waals surface area contributed by atoms with Gasteiger partial charge in [0.05, 0.1) is 22.8 Å². The number of fused-ring (bicyclic) bond motifs is 8. The zero-order valence-corrected chi connectivity index (χ0v) is 28.6. The zero-order chi connectivity index (χ0) is 35.3. The number of aromatic nitrogens is 4. The number of aromatic amines is 2. The Morgan fingerprint density at radius 1 is 0.302 bits per heavy atom. The van der Waals surface area contributed by atoms with E-state index in [1.165, 1.54) is 48.5 Å². The van der Waals surface area contributed by atoms with E-state index in [2.05, 4.69) is 9.97 Å². The number of H-pyrrole nitrogens is 2. The van der Waals surface area contributed by atoms with Crippen LogP contribution < -0.4 is 0 Å². The minimum atomic E-state index is -0.364. The third kappa shape index (κ3) is 6.30. The van der Waals surface area contributed by atoms with Gasteiger partial charge in [-0.3, -0.25) is 0 Å². The van der Waals surface area contributed by atoms with Crippen LogP contribution in [0.4, 0.5) is 17.6 Å². The molecular weight excluding hydrogens is 719 g/mol. The maximum Gasteiger partial charge on any atom is 0.123 e. The molecule has 0 radical (unpaired) electrons. The number of halogens is 4. The number of nitrogens with zero attached hydrogens (tertiary/aromatic N) is 2. The van der Waals surface area contributed by atoms with Gasteiger partial charge in [-0.05, 0) is 119 Å². The molecule has 260 valence electrons. The molecule has 2 aliphatic rings. The molecule has 3 aromatic heterocycles. The van der Waals surface area contributed by atoms with Crippen LogP contribution in [-0.4, -0.2) is 19.9 Å². The van der Waals surface area contributed by atoms with E-state index in [1.54, 1.807) is 48.5 Å². The van der Waals surface area contributed by atoms with E-state index in [0.29, 0.717) is 44.8 Å². The maximum absolute atomic E-state index is 14.2. The van der Waals surface area contributed by atoms with Crippen molar-refractivity contribution in [3.63, 3.8) is 0 Å². The monoisotopic (exact) mass is 744 g/mol. The summed E-state index contributed by atoms with van der Waals surface area (Å²) in [5.74, 6) is -1.45. The van der Waals surface area contributed by atoms with Gasteiger partial charge >= 0.3 is 0 Å². The molecule has 9 rings (SSSR count). The van der Waals surface area contributed by atoms with Gasteiger partial charge in [0, 0.05) is 60.8 Å². The Kier molecular flexibility index (Phi) is 8.73. The van der Waals surface area contributed by atoms with E-state index >= 15 is 0 Å². The quantitative estimate of drug-likeness (QED) is 0.139. The van der Waals surface area contributed by atoms with Crippen LogP contribution in [0.2, 0.25) is 0 Å². The molecule has 0 unspecified atom stereocenters. The smallest absolute Gasteiger partial charge is 0.123 e. The minimum Gasteiger partial charge on any atom is -0.354 e. The minimum absolute atomic E-state index is 0. The van der Waals surface area contributed by atoms with Gasteiger partial charge < -0.3 is 9.97 Å². The third-order valence-corrected chi connectivity index (χ3v) is 9.29. The first-order valence-electron chi connectivity index (χ1n) is 16.6. The molecule has 5 heterocycles. The fourth-order valence-electron chi connectivity index (χ4n) is 6.89. The van der Waals surface area contributed by atoms with Crippen LogP contribution in [0.5, 0.6) is 0 Å². The van der Waals surface area contributed by atoms with Gasteiger partial charge in [-0.1, -0.05) is 48.5 Å². The van der Waals surface area contributed by atoms with Crippen LogP contribution in [0.25, 0.3) is 90.9 Å². The molecule has 0 spiro atoms. The summed E-state index contributed by atoms with van der Waals surface area (Å²) in [4.78, 5) is 17.4. The normalized spacial score (nSPS) is 11.8. The molecule has 4 nitrogen and oxygen atoms in total. The first-order valence-corrected chi connectivity index (χ1v) is 16.6. The Labute approximate surface area is 311 Å². The number of rotatable bonds is 4. The predicted molar refractivity (Wildman–Crippen MR) is 200 cm³/mol. The second-order valence-corrected chi connectivity index (χ2v) is 12.5. The van der Waals surface area contributed by atoms with E-state index in [4.69, 9.17) is 9.97 Å². The largest absolute Gasteiger partial charge is 0.354 e. The van der Waals surface area contributed by atoms with Crippen molar-refractivity contribution in [2.24, 2.45) is 0 Å². The number of hydrogen-bond donors (Lipinski definition) is 2. The summed E-state index contributed by atoms with van der Waals surface area (Å²) in [7, 11) is 0. The van der Waals surface area contributed by atoms with E-state index in [9.17, 15) is 17.6 Å². The van der Waals surface area contributed by atoms with E-state index in [1.807, 2.05) is 48.6 Å². The standard InChI is InChI=1S/C44H26F4N4.Ni/c45-29-9-1-25(2-10-29)41-33-17-19-35(49-33)42(26-3-11-30(46)12-4-26)37-21-23-39(51-37)44(28-7-15-32(48)16-8-28)40-24-22-38(52-40)43(36-20-18-34(41)50-36)27-5-13-31(47)14-6-27;/h1-24,49,52H;. The summed E-state index contributed by atoms with van der Waals surface area (Å²) >= 11 is 0. The molecular formula is C44H26F4N4Ni. The van der Waals surface area contributed by atoms with Crippen molar-refractivity contribution in [3.8, 4) is 44.5 Å². The SMILES string of the molecule is Fc1ccc(-c2c3nc(c(-c4ccc(F)cc4)c4ccc([nH]4)c(-c4ccc(F)cc4)c4nc(c(-c5ccc(F)cc5)c5ccc2[nH]5)C=C4)C=C3)cc1.[Ni]. The van der Waals surface area contributed by atoms with E-state index in [0.717, 1.165) is 44.5 Å². The van der Waals surface area contributed by atoms with Gasteiger partial charge in [0.1, 0.15) is 23.3 Å². The molecule has 2 N–H and O–H groups in total. The van der Waals surface area contributed by atoms with Crippen molar-refractivity contribution in [1.29, 1.82) is 0 Å². The molecule has 0 amide bonds. The molecule has 4 aromatic carbocycles. The van der Waals surface area contributed by atoms with Crippen LogP contribution in [0.1, 0.15) is 22.8 Å². The summed E-state index contributed by atoms with van der Waals surface area (Å²) < 4.78 is 56.8. The van der Waals surface area contributed by atoms with Gasteiger partial charge in [0.2, 0.25) is 0 Å². The molecule has 9 heteroatoms. The number of hydrogen-bond acceptors (Lipinski definition) is 2. The third-order valence-electron chi connectivity index (χ3n) is 9.29. The summed E-state index contributed by atoms with van der Waals surface area (Å²) in [6.45, 7) is 0. The van der Waals surface area contributed by atoms with Crippen LogP contribution >= 0.6 is 0 Å². The summed E-state index contributed by atoms with van der Waals surface area (Å²) in [6, 6.07) is 32.7. The number of benzene rings is 4. The molecule has 2 aliphatic heterocycles. The molecule has 53 heavy (non-hydrogen) atoms. The van der Waals surface area contributed by atoms with Crippen molar-refractivity contribution >= 4 is 46.4 Å². The topological polar surface area (TPSA) is 57.4 Å². The Morgan fingerprint density at radius 3 is 0.717 bits per heavy atom. The van der Waals surface area contributed by atoms with Gasteiger partial charge in [-0.15, -0.1) is 0 Å². The van der Waals surface area contributed by atoms with Gasteiger partial charge in [0.25, 0.3) is 0 Å². The van der Waals surface area contributed by atoms with Gasteiger partial charge in [-0.25, -0.2) is 27.5 Å². The Bertz CT molecular complexity index is 2370. The average molecular weight is 745 g/mol. The zero-order valence-electron chi connectivity index (χ0n) is 27.6. The average Bonchev–Trinajstić information content (AvgIpc) is 3.99. The fraction of sp³-hybridized carbons (Fsp3) is 0. The van der Waals surface area contributed by atoms with Crippen molar-refractivity contribution < 1.29 is 34.1 Å². The molecule has 0 saturated carbocycles. The maximum atomic E-state index is 14.2. The number of nitrogens with one attached hydrogen (secondary N) is 2. The molecule has 0 atom stereocenters. The van der Waals surface area contributed by atoms with Crippen molar-refractivity contribution in [2.75, 3.05) is 0 Å². The summed E-state index contributed by atoms with van der Waals surface area (Å²) in [5.41, 5.74) is 11.3. The van der Waals surface area contributed by atoms with Crippen LogP contribution in [0.3, 0.4) is 0 Å². The fourth-order valence-corrected chi connectivity index (χ4v) is 6.89. The second kappa shape index (κ2) is 13.7. The van der Waals surface area contributed by atoms with Crippen LogP contribution in [0, 0.1) is 23.3 Å². The molecule has 0 fully saturated rings. The first kappa shape index (κ1) is 33.8. The predicted octanol–water partition coefficient (Wildman–Crippen LogP) is 11.9. The van der Waals surface area contributed by atoms with Crippen molar-refractivity contribution in [1.82, 2.24) is 19.9 Å². The van der Waals surface area contributed by atoms with Crippen LogP contribution in [0.15, 0.2) is 121 Å². The van der Waals surface area contributed by atoms with Gasteiger partial charge in [-0.2, -0.15) is 0 Å². The Balaban J connectivity index is 0.00000400. The van der Waals surface area contributed by atoms with Crippen LogP contribution in [-0.2, 0) is 16.5 Å².